The highest BCUT2D eigenvalue weighted by Gasteiger charge is 2.29. The summed E-state index contributed by atoms with van der Waals surface area (Å²) < 4.78 is 38.9. The third-order valence-electron chi connectivity index (χ3n) is 7.16. The van der Waals surface area contributed by atoms with Gasteiger partial charge in [0.1, 0.15) is 11.0 Å². The Morgan fingerprint density at radius 2 is 1.41 bits per heavy atom. The first-order valence-electron chi connectivity index (χ1n) is 12.7. The molecular weight excluding hydrogens is 509 g/mol. The predicted octanol–water partition coefficient (Wildman–Crippen LogP) is 8.40. The monoisotopic (exact) mass is 534 g/mol. The molecule has 0 saturated heterocycles. The Morgan fingerprint density at radius 3 is 1.97 bits per heavy atom. The van der Waals surface area contributed by atoms with Gasteiger partial charge >= 0.3 is 7.40 Å². The van der Waals surface area contributed by atoms with Crippen LogP contribution in [0.25, 0.3) is 38.9 Å². The van der Waals surface area contributed by atoms with Crippen molar-refractivity contribution >= 4 is 41.4 Å². The Kier molecular flexibility index (Phi) is 6.35. The normalized spacial score (nSPS) is 14.5. The first kappa shape index (κ1) is 25.1. The van der Waals surface area contributed by atoms with Crippen LogP contribution in [-0.4, -0.2) is 26.3 Å². The van der Waals surface area contributed by atoms with Crippen LogP contribution < -0.4 is 0 Å². The second kappa shape index (κ2) is 9.86. The van der Waals surface area contributed by atoms with E-state index in [0.717, 1.165) is 65.9 Å². The fourth-order valence-corrected chi connectivity index (χ4v) is 6.04. The van der Waals surface area contributed by atoms with Crippen LogP contribution in [0.4, 0.5) is 8.63 Å². The molecule has 0 aliphatic carbocycles. The van der Waals surface area contributed by atoms with Crippen LogP contribution in [0.2, 0.25) is 0 Å². The van der Waals surface area contributed by atoms with Gasteiger partial charge in [-0.05, 0) is 67.7 Å². The Labute approximate surface area is 230 Å². The largest absolute Gasteiger partial charge is 0.677 e. The van der Waals surface area contributed by atoms with E-state index < -0.39 is 7.40 Å². The Bertz CT molecular complexity index is 1810. The summed E-state index contributed by atoms with van der Waals surface area (Å²) in [6.45, 7) is 7.49. The number of benzene rings is 3. The summed E-state index contributed by atoms with van der Waals surface area (Å²) in [6.07, 6.45) is 1.99. The molecule has 3 heterocycles. The third kappa shape index (κ3) is 4.35. The number of rotatable bonds is 5. The number of aromatic nitrogens is 3. The zero-order valence-corrected chi connectivity index (χ0v) is 22.9. The van der Waals surface area contributed by atoms with Crippen LogP contribution in [-0.2, 0) is 0 Å². The fourth-order valence-electron chi connectivity index (χ4n) is 5.47. The van der Waals surface area contributed by atoms with Gasteiger partial charge in [0.05, 0.1) is 17.4 Å². The molecule has 0 amide bonds. The van der Waals surface area contributed by atoms with E-state index in [4.69, 9.17) is 4.99 Å². The van der Waals surface area contributed by atoms with Crippen molar-refractivity contribution in [2.75, 3.05) is 0 Å². The lowest BCUT2D eigenvalue weighted by atomic mass is 9.92. The molecule has 5 aromatic rings. The van der Waals surface area contributed by atoms with Crippen LogP contribution >= 0.6 is 11.7 Å². The van der Waals surface area contributed by atoms with E-state index in [2.05, 4.69) is 33.0 Å². The molecule has 1 aliphatic rings. The van der Waals surface area contributed by atoms with Crippen molar-refractivity contribution in [3.8, 4) is 22.3 Å². The number of hydrogen-bond donors (Lipinski definition) is 0. The Balaban J connectivity index is 1.49. The Morgan fingerprint density at radius 1 is 0.795 bits per heavy atom. The molecule has 8 heteroatoms. The number of hydrogen-bond acceptors (Lipinski definition) is 4. The van der Waals surface area contributed by atoms with Gasteiger partial charge in [-0.1, -0.05) is 66.7 Å². The topological polar surface area (TPSA) is 43.1 Å². The van der Waals surface area contributed by atoms with Gasteiger partial charge in [-0.2, -0.15) is 8.75 Å². The number of aliphatic imine (C=N–C) groups is 1. The maximum atomic E-state index is 14.3. The van der Waals surface area contributed by atoms with Gasteiger partial charge in [0, 0.05) is 33.8 Å². The average Bonchev–Trinajstić information content (AvgIpc) is 3.62. The van der Waals surface area contributed by atoms with E-state index in [-0.39, 0.29) is 0 Å². The molecule has 4 nitrogen and oxygen atoms in total. The molecule has 0 N–H and O–H groups in total. The van der Waals surface area contributed by atoms with Crippen molar-refractivity contribution in [2.24, 2.45) is 4.99 Å². The number of halogens is 2. The molecule has 1 aliphatic heterocycles. The van der Waals surface area contributed by atoms with Crippen LogP contribution in [0.15, 0.2) is 95.1 Å². The van der Waals surface area contributed by atoms with Crippen molar-refractivity contribution in [1.29, 1.82) is 0 Å². The number of aryl methyl sites for hydroxylation is 2. The van der Waals surface area contributed by atoms with Gasteiger partial charge in [-0.25, -0.2) is 0 Å². The molecule has 192 valence electrons. The zero-order chi connectivity index (χ0) is 27.3. The summed E-state index contributed by atoms with van der Waals surface area (Å²) in [5.74, 6) is 0. The summed E-state index contributed by atoms with van der Waals surface area (Å²) in [5.41, 5.74) is 11.7. The fraction of sp³-hybridized carbons (Fsp3) is 0.129. The second-order valence-corrected chi connectivity index (χ2v) is 10.4. The van der Waals surface area contributed by atoms with Gasteiger partial charge < -0.3 is 4.48 Å². The van der Waals surface area contributed by atoms with E-state index in [9.17, 15) is 8.63 Å². The van der Waals surface area contributed by atoms with Gasteiger partial charge in [0.2, 0.25) is 0 Å². The molecule has 3 aromatic carbocycles. The van der Waals surface area contributed by atoms with E-state index >= 15 is 0 Å². The summed E-state index contributed by atoms with van der Waals surface area (Å²) >= 11 is 1.20. The van der Waals surface area contributed by atoms with Gasteiger partial charge in [-0.15, -0.1) is 0 Å². The molecule has 0 unspecified atom stereocenters. The van der Waals surface area contributed by atoms with Gasteiger partial charge in [0.25, 0.3) is 0 Å². The maximum absolute atomic E-state index is 14.3. The number of allylic oxidation sites excluding steroid dienone is 2. The van der Waals surface area contributed by atoms with Crippen molar-refractivity contribution < 1.29 is 8.63 Å². The Hall–Kier alpha value is -4.17. The van der Waals surface area contributed by atoms with Crippen molar-refractivity contribution in [3.05, 3.63) is 113 Å². The van der Waals surface area contributed by atoms with Crippen LogP contribution in [0.3, 0.4) is 0 Å². The molecule has 0 bridgehead atoms. The lowest BCUT2D eigenvalue weighted by molar-refractivity contribution is 0.624. The highest BCUT2D eigenvalue weighted by Crippen LogP contribution is 2.39. The molecule has 0 saturated carbocycles. The zero-order valence-electron chi connectivity index (χ0n) is 22.0. The number of fused-ring (bicyclic) bond motifs is 1. The minimum absolute atomic E-state index is 0.495. The minimum Gasteiger partial charge on any atom is -0.329 e. The molecule has 0 fully saturated rings. The molecule has 0 atom stereocenters. The van der Waals surface area contributed by atoms with Gasteiger partial charge in [-0.3, -0.25) is 13.6 Å². The van der Waals surface area contributed by atoms with E-state index in [0.29, 0.717) is 17.0 Å². The SMILES string of the molecule is CC1=CC(C)=N/C1=C(/c1ccc(-c2ccc(-c3ccccc3)c3nsnc23)cc1)c1c(C)cc(C)n1B(F)F. The first-order valence-corrected chi connectivity index (χ1v) is 13.4. The highest BCUT2D eigenvalue weighted by atomic mass is 32.1. The minimum atomic E-state index is -2.66. The standard InChI is InChI=1S/C31H25BF2N4S/c1-18-16-20(3)35-28(18)27(31-19(2)17-21(4)38(31)32(33)34)24-12-10-23(11-13-24)26-15-14-25(22-8-6-5-7-9-22)29-30(26)37-39-36-29/h5-17H,1-4H3/b28-27-. The van der Waals surface area contributed by atoms with E-state index in [1.807, 2.05) is 69.3 Å². The van der Waals surface area contributed by atoms with Crippen LogP contribution in [0.1, 0.15) is 36.4 Å². The first-order chi connectivity index (χ1) is 18.8. The van der Waals surface area contributed by atoms with Crippen LogP contribution in [0.5, 0.6) is 0 Å². The van der Waals surface area contributed by atoms with E-state index in [1.165, 1.54) is 11.7 Å². The molecular formula is C31H25BF2N4S. The lowest BCUT2D eigenvalue weighted by Crippen LogP contribution is -2.18. The third-order valence-corrected chi connectivity index (χ3v) is 7.69. The summed E-state index contributed by atoms with van der Waals surface area (Å²) in [7, 11) is -2.66. The molecule has 0 spiro atoms. The van der Waals surface area contributed by atoms with Crippen LogP contribution in [0, 0.1) is 13.8 Å². The molecule has 2 aromatic heterocycles. The molecule has 6 rings (SSSR count). The highest BCUT2D eigenvalue weighted by molar-refractivity contribution is 7.00. The average molecular weight is 534 g/mol. The lowest BCUT2D eigenvalue weighted by Gasteiger charge is -2.17. The van der Waals surface area contributed by atoms with Crippen molar-refractivity contribution in [3.63, 3.8) is 0 Å². The quantitative estimate of drug-likeness (QED) is 0.213. The maximum Gasteiger partial charge on any atom is 0.677 e. The second-order valence-electron chi connectivity index (χ2n) is 9.83. The van der Waals surface area contributed by atoms with Crippen molar-refractivity contribution in [1.82, 2.24) is 13.2 Å². The summed E-state index contributed by atoms with van der Waals surface area (Å²) in [6, 6.07) is 24.2. The van der Waals surface area contributed by atoms with E-state index in [1.54, 1.807) is 13.0 Å². The van der Waals surface area contributed by atoms with Gasteiger partial charge in [0.15, 0.2) is 0 Å². The van der Waals surface area contributed by atoms with Crippen molar-refractivity contribution in [2.45, 2.75) is 27.7 Å². The summed E-state index contributed by atoms with van der Waals surface area (Å²) in [4.78, 5) is 4.76. The summed E-state index contributed by atoms with van der Waals surface area (Å²) in [5, 5.41) is 0. The number of nitrogens with zero attached hydrogens (tertiary/aromatic N) is 4. The smallest absolute Gasteiger partial charge is 0.329 e. The predicted molar refractivity (Wildman–Crippen MR) is 158 cm³/mol. The molecule has 39 heavy (non-hydrogen) atoms. The molecule has 0 radical (unpaired) electrons.